The van der Waals surface area contributed by atoms with E-state index in [1.54, 1.807) is 0 Å². The summed E-state index contributed by atoms with van der Waals surface area (Å²) in [5.41, 5.74) is 3.06. The number of carbonyl (C=O) groups excluding carboxylic acids is 1. The number of anilines is 1. The number of hydrogen-bond donors (Lipinski definition) is 1. The van der Waals surface area contributed by atoms with Gasteiger partial charge in [-0.1, -0.05) is 36.9 Å². The first-order chi connectivity index (χ1) is 11.6. The first-order valence-corrected chi connectivity index (χ1v) is 9.58. The lowest BCUT2D eigenvalue weighted by Crippen LogP contribution is -2.24. The highest BCUT2D eigenvalue weighted by Crippen LogP contribution is 2.29. The van der Waals surface area contributed by atoms with E-state index in [9.17, 15) is 4.79 Å². The van der Waals surface area contributed by atoms with Crippen LogP contribution in [0.15, 0.2) is 40.7 Å². The Morgan fingerprint density at radius 3 is 2.79 bits per heavy atom. The zero-order chi connectivity index (χ0) is 17.1. The van der Waals surface area contributed by atoms with Crippen molar-refractivity contribution in [3.05, 3.63) is 47.0 Å². The average Bonchev–Trinajstić information content (AvgIpc) is 2.97. The molecule has 0 saturated carbocycles. The van der Waals surface area contributed by atoms with Gasteiger partial charge < -0.3 is 5.32 Å². The Morgan fingerprint density at radius 1 is 1.29 bits per heavy atom. The molecule has 0 aliphatic heterocycles. The number of thioether (sulfide) groups is 1. The average molecular weight is 358 g/mol. The van der Waals surface area contributed by atoms with Crippen LogP contribution in [0.3, 0.4) is 0 Å². The maximum atomic E-state index is 12.5. The quantitative estimate of drug-likeness (QED) is 0.665. The minimum atomic E-state index is -0.192. The molecule has 2 aromatic heterocycles. The number of aryl methyl sites for hydroxylation is 2. The van der Waals surface area contributed by atoms with Gasteiger partial charge in [-0.15, -0.1) is 11.3 Å². The Balaban J connectivity index is 1.78. The van der Waals surface area contributed by atoms with Crippen molar-refractivity contribution in [3.63, 3.8) is 0 Å². The van der Waals surface area contributed by atoms with Crippen LogP contribution in [-0.2, 0) is 4.79 Å². The largest absolute Gasteiger partial charge is 0.301 e. The Hall–Kier alpha value is -1.92. The van der Waals surface area contributed by atoms with Crippen molar-refractivity contribution in [1.29, 1.82) is 0 Å². The highest BCUT2D eigenvalue weighted by Gasteiger charge is 2.20. The van der Waals surface area contributed by atoms with Gasteiger partial charge in [0.25, 0.3) is 0 Å². The monoisotopic (exact) mass is 357 g/mol. The lowest BCUT2D eigenvalue weighted by molar-refractivity contribution is -0.115. The van der Waals surface area contributed by atoms with Crippen LogP contribution in [0.5, 0.6) is 0 Å². The number of thiazole rings is 1. The summed E-state index contributed by atoms with van der Waals surface area (Å²) < 4.78 is 0. The van der Waals surface area contributed by atoms with Crippen LogP contribution < -0.4 is 5.32 Å². The molecule has 3 aromatic rings. The molecule has 0 aliphatic rings. The van der Waals surface area contributed by atoms with E-state index in [1.807, 2.05) is 37.4 Å². The fraction of sp³-hybridized carbons (Fsp3) is 0.278. The zero-order valence-corrected chi connectivity index (χ0v) is 15.5. The molecule has 0 spiro atoms. The van der Waals surface area contributed by atoms with Gasteiger partial charge in [-0.2, -0.15) is 0 Å². The first-order valence-electron chi connectivity index (χ1n) is 7.83. The van der Waals surface area contributed by atoms with E-state index in [4.69, 9.17) is 0 Å². The Bertz CT molecular complexity index is 876. The lowest BCUT2D eigenvalue weighted by Gasteiger charge is -2.14. The summed E-state index contributed by atoms with van der Waals surface area (Å²) in [6, 6.07) is 10.1. The van der Waals surface area contributed by atoms with Crippen LogP contribution in [0.2, 0.25) is 0 Å². The van der Waals surface area contributed by atoms with Gasteiger partial charge in [0.2, 0.25) is 5.91 Å². The molecule has 0 saturated heterocycles. The molecule has 0 bridgehead atoms. The Labute approximate surface area is 149 Å². The van der Waals surface area contributed by atoms with E-state index in [0.717, 1.165) is 28.0 Å². The number of rotatable bonds is 5. The standard InChI is InChI=1S/C18H19N3OS2/c1-4-15(17(22)21-18-19-12(3)10-23-18)24-16-9-11(2)13-7-5-6-8-14(13)20-16/h5-10,15H,4H2,1-3H3,(H,19,21,22). The maximum Gasteiger partial charge on any atom is 0.239 e. The highest BCUT2D eigenvalue weighted by molar-refractivity contribution is 8.00. The van der Waals surface area contributed by atoms with Crippen LogP contribution in [0, 0.1) is 13.8 Å². The number of hydrogen-bond acceptors (Lipinski definition) is 5. The predicted molar refractivity (Wildman–Crippen MR) is 102 cm³/mol. The summed E-state index contributed by atoms with van der Waals surface area (Å²) in [7, 11) is 0. The molecule has 0 aliphatic carbocycles. The van der Waals surface area contributed by atoms with E-state index in [1.165, 1.54) is 28.7 Å². The summed E-state index contributed by atoms with van der Waals surface area (Å²) in [6.07, 6.45) is 0.731. The summed E-state index contributed by atoms with van der Waals surface area (Å²) in [6.45, 7) is 6.01. The van der Waals surface area contributed by atoms with Gasteiger partial charge in [0.05, 0.1) is 21.5 Å². The van der Waals surface area contributed by atoms with E-state index < -0.39 is 0 Å². The summed E-state index contributed by atoms with van der Waals surface area (Å²) >= 11 is 2.95. The van der Waals surface area contributed by atoms with Crippen molar-refractivity contribution in [3.8, 4) is 0 Å². The number of nitrogens with one attached hydrogen (secondary N) is 1. The van der Waals surface area contributed by atoms with Gasteiger partial charge >= 0.3 is 0 Å². The molecule has 6 heteroatoms. The summed E-state index contributed by atoms with van der Waals surface area (Å²) in [5, 5.41) is 7.32. The van der Waals surface area contributed by atoms with E-state index in [-0.39, 0.29) is 11.2 Å². The third kappa shape index (κ3) is 3.76. The Morgan fingerprint density at radius 2 is 2.08 bits per heavy atom. The SMILES string of the molecule is CCC(Sc1cc(C)c2ccccc2n1)C(=O)Nc1nc(C)cs1. The Kier molecular flexibility index (Phi) is 5.16. The smallest absolute Gasteiger partial charge is 0.239 e. The molecule has 24 heavy (non-hydrogen) atoms. The second kappa shape index (κ2) is 7.32. The van der Waals surface area contributed by atoms with Crippen molar-refractivity contribution in [2.75, 3.05) is 5.32 Å². The van der Waals surface area contributed by atoms with Crippen molar-refractivity contribution in [1.82, 2.24) is 9.97 Å². The summed E-state index contributed by atoms with van der Waals surface area (Å²) in [4.78, 5) is 21.5. The minimum absolute atomic E-state index is 0.0236. The van der Waals surface area contributed by atoms with Crippen molar-refractivity contribution in [2.24, 2.45) is 0 Å². The molecular formula is C18H19N3OS2. The highest BCUT2D eigenvalue weighted by atomic mass is 32.2. The number of amides is 1. The van der Waals surface area contributed by atoms with Crippen LogP contribution >= 0.6 is 23.1 Å². The van der Waals surface area contributed by atoms with Crippen LogP contribution in [0.4, 0.5) is 5.13 Å². The molecule has 2 heterocycles. The summed E-state index contributed by atoms with van der Waals surface area (Å²) in [5.74, 6) is -0.0236. The van der Waals surface area contributed by atoms with Gasteiger partial charge in [0, 0.05) is 10.8 Å². The number of carbonyl (C=O) groups is 1. The molecule has 1 amide bonds. The fourth-order valence-electron chi connectivity index (χ4n) is 2.44. The van der Waals surface area contributed by atoms with Crippen LogP contribution in [-0.4, -0.2) is 21.1 Å². The molecule has 0 fully saturated rings. The van der Waals surface area contributed by atoms with Crippen LogP contribution in [0.25, 0.3) is 10.9 Å². The topological polar surface area (TPSA) is 54.9 Å². The number of para-hydroxylation sites is 1. The molecule has 1 atom stereocenters. The van der Waals surface area contributed by atoms with Crippen molar-refractivity contribution in [2.45, 2.75) is 37.5 Å². The molecule has 4 nitrogen and oxygen atoms in total. The maximum absolute atomic E-state index is 12.5. The zero-order valence-electron chi connectivity index (χ0n) is 13.9. The number of benzene rings is 1. The van der Waals surface area contributed by atoms with Crippen molar-refractivity contribution >= 4 is 45.0 Å². The van der Waals surface area contributed by atoms with Gasteiger partial charge in [-0.3, -0.25) is 4.79 Å². The third-order valence-corrected chi connectivity index (χ3v) is 5.83. The molecule has 3 rings (SSSR count). The normalized spacial score (nSPS) is 12.3. The molecule has 0 radical (unpaired) electrons. The second-order valence-electron chi connectivity index (χ2n) is 5.59. The molecular weight excluding hydrogens is 338 g/mol. The number of nitrogens with zero attached hydrogens (tertiary/aromatic N) is 2. The van der Waals surface area contributed by atoms with E-state index >= 15 is 0 Å². The van der Waals surface area contributed by atoms with Gasteiger partial charge in [0.15, 0.2) is 5.13 Å². The number of pyridine rings is 1. The minimum Gasteiger partial charge on any atom is -0.301 e. The van der Waals surface area contributed by atoms with Gasteiger partial charge in [-0.05, 0) is 38.0 Å². The molecule has 1 aromatic carbocycles. The molecule has 124 valence electrons. The molecule has 1 unspecified atom stereocenters. The fourth-order valence-corrected chi connectivity index (χ4v) is 4.16. The number of aromatic nitrogens is 2. The van der Waals surface area contributed by atoms with Gasteiger partial charge in [0.1, 0.15) is 0 Å². The third-order valence-electron chi connectivity index (χ3n) is 3.67. The van der Waals surface area contributed by atoms with E-state index in [2.05, 4.69) is 34.3 Å². The second-order valence-corrected chi connectivity index (χ2v) is 7.67. The van der Waals surface area contributed by atoms with E-state index in [0.29, 0.717) is 5.13 Å². The van der Waals surface area contributed by atoms with Crippen LogP contribution in [0.1, 0.15) is 24.6 Å². The first kappa shape index (κ1) is 16.9. The van der Waals surface area contributed by atoms with Gasteiger partial charge in [-0.25, -0.2) is 9.97 Å². The number of fused-ring (bicyclic) bond motifs is 1. The predicted octanol–water partition coefficient (Wildman–Crippen LogP) is 4.82. The lowest BCUT2D eigenvalue weighted by atomic mass is 10.1. The molecule has 1 N–H and O–H groups in total. The van der Waals surface area contributed by atoms with Crippen molar-refractivity contribution < 1.29 is 4.79 Å².